The van der Waals surface area contributed by atoms with Gasteiger partial charge in [0.25, 0.3) is 5.91 Å². The summed E-state index contributed by atoms with van der Waals surface area (Å²) in [5, 5.41) is 11.1. The van der Waals surface area contributed by atoms with E-state index >= 15 is 0 Å². The summed E-state index contributed by atoms with van der Waals surface area (Å²) < 4.78 is 3.21. The van der Waals surface area contributed by atoms with E-state index in [0.29, 0.717) is 12.2 Å². The summed E-state index contributed by atoms with van der Waals surface area (Å²) in [4.78, 5) is 20.5. The number of rotatable bonds is 4. The van der Waals surface area contributed by atoms with Crippen molar-refractivity contribution in [2.75, 3.05) is 5.32 Å². The van der Waals surface area contributed by atoms with Crippen molar-refractivity contribution in [2.24, 2.45) is 0 Å². The Labute approximate surface area is 143 Å². The van der Waals surface area contributed by atoms with Crippen LogP contribution in [0.5, 0.6) is 0 Å². The van der Waals surface area contributed by atoms with Crippen LogP contribution in [-0.4, -0.2) is 35.3 Å². The van der Waals surface area contributed by atoms with E-state index in [9.17, 15) is 4.79 Å². The third kappa shape index (κ3) is 3.23. The Hall–Kier alpha value is -3.55. The van der Waals surface area contributed by atoms with E-state index in [0.717, 1.165) is 5.56 Å². The molecular formula is C17H15N7O. The van der Waals surface area contributed by atoms with Crippen LogP contribution >= 0.6 is 0 Å². The second-order valence-electron chi connectivity index (χ2n) is 5.66. The normalized spacial score (nSPS) is 10.9. The van der Waals surface area contributed by atoms with Gasteiger partial charge >= 0.3 is 0 Å². The van der Waals surface area contributed by atoms with Gasteiger partial charge in [0.1, 0.15) is 6.33 Å². The summed E-state index contributed by atoms with van der Waals surface area (Å²) >= 11 is 0. The zero-order chi connectivity index (χ0) is 17.2. The largest absolute Gasteiger partial charge is 0.288 e. The SMILES string of the molecule is Cc1ccc(Cn2cnc(NC(=O)c3cc4ncccn4n3)n2)cc1. The number of carbonyl (C=O) groups excluding carboxylic acids is 1. The minimum Gasteiger partial charge on any atom is -0.288 e. The van der Waals surface area contributed by atoms with Crippen LogP contribution in [0.25, 0.3) is 5.65 Å². The van der Waals surface area contributed by atoms with Crippen LogP contribution in [0.1, 0.15) is 21.6 Å². The van der Waals surface area contributed by atoms with Gasteiger partial charge in [-0.3, -0.25) is 10.1 Å². The van der Waals surface area contributed by atoms with Gasteiger partial charge in [-0.25, -0.2) is 19.2 Å². The van der Waals surface area contributed by atoms with Crippen LogP contribution < -0.4 is 5.32 Å². The molecule has 0 aliphatic rings. The molecule has 0 atom stereocenters. The highest BCUT2D eigenvalue weighted by atomic mass is 16.2. The van der Waals surface area contributed by atoms with Crippen LogP contribution in [0, 0.1) is 6.92 Å². The molecule has 1 amide bonds. The number of hydrogen-bond acceptors (Lipinski definition) is 5. The predicted octanol–water partition coefficient (Wildman–Crippen LogP) is 1.93. The van der Waals surface area contributed by atoms with Crippen molar-refractivity contribution in [1.82, 2.24) is 29.4 Å². The summed E-state index contributed by atoms with van der Waals surface area (Å²) in [5.41, 5.74) is 3.18. The zero-order valence-corrected chi connectivity index (χ0v) is 13.5. The van der Waals surface area contributed by atoms with Crippen LogP contribution in [0.15, 0.2) is 55.1 Å². The molecule has 0 spiro atoms. The minimum atomic E-state index is -0.376. The summed E-state index contributed by atoms with van der Waals surface area (Å²) in [5.74, 6) is -0.138. The third-order valence-corrected chi connectivity index (χ3v) is 3.70. The molecule has 0 radical (unpaired) electrons. The minimum absolute atomic E-state index is 0.238. The Kier molecular flexibility index (Phi) is 3.70. The zero-order valence-electron chi connectivity index (χ0n) is 13.5. The highest BCUT2D eigenvalue weighted by Gasteiger charge is 2.13. The van der Waals surface area contributed by atoms with Crippen molar-refractivity contribution in [3.05, 3.63) is 71.9 Å². The fourth-order valence-electron chi connectivity index (χ4n) is 2.42. The smallest absolute Gasteiger partial charge is 0.278 e. The van der Waals surface area contributed by atoms with Gasteiger partial charge in [0.05, 0.1) is 6.54 Å². The molecule has 0 unspecified atom stereocenters. The summed E-state index contributed by atoms with van der Waals surface area (Å²) in [6, 6.07) is 11.5. The second-order valence-corrected chi connectivity index (χ2v) is 5.66. The first kappa shape index (κ1) is 15.0. The molecule has 8 heteroatoms. The summed E-state index contributed by atoms with van der Waals surface area (Å²) in [6.07, 6.45) is 4.96. The third-order valence-electron chi connectivity index (χ3n) is 3.70. The standard InChI is InChI=1S/C17H15N7O/c1-12-3-5-13(6-4-12)10-23-11-19-17(22-23)20-16(25)14-9-15-18-7-2-8-24(15)21-14/h2-9,11H,10H2,1H3,(H,20,22,25). The van der Waals surface area contributed by atoms with Crippen molar-refractivity contribution >= 4 is 17.5 Å². The number of nitrogens with one attached hydrogen (secondary N) is 1. The molecule has 8 nitrogen and oxygen atoms in total. The number of hydrogen-bond donors (Lipinski definition) is 1. The maximum atomic E-state index is 12.3. The van der Waals surface area contributed by atoms with Crippen molar-refractivity contribution in [2.45, 2.75) is 13.5 Å². The number of carbonyl (C=O) groups is 1. The second kappa shape index (κ2) is 6.16. The fourth-order valence-corrected chi connectivity index (χ4v) is 2.42. The quantitative estimate of drug-likeness (QED) is 0.616. The first-order valence-corrected chi connectivity index (χ1v) is 7.74. The van der Waals surface area contributed by atoms with E-state index in [2.05, 4.69) is 25.5 Å². The molecule has 1 aromatic carbocycles. The Morgan fingerprint density at radius 2 is 2.00 bits per heavy atom. The lowest BCUT2D eigenvalue weighted by Gasteiger charge is -2.01. The fraction of sp³-hybridized carbons (Fsp3) is 0.118. The molecule has 3 heterocycles. The Bertz CT molecular complexity index is 1000. The lowest BCUT2D eigenvalue weighted by molar-refractivity contribution is 0.102. The van der Waals surface area contributed by atoms with Crippen molar-refractivity contribution in [3.8, 4) is 0 Å². The average Bonchev–Trinajstić information content (AvgIpc) is 3.23. The van der Waals surface area contributed by atoms with Crippen LogP contribution in [0.2, 0.25) is 0 Å². The lowest BCUT2D eigenvalue weighted by Crippen LogP contribution is -2.14. The van der Waals surface area contributed by atoms with Crippen molar-refractivity contribution in [3.63, 3.8) is 0 Å². The molecule has 0 aliphatic carbocycles. The topological polar surface area (TPSA) is 90.0 Å². The molecular weight excluding hydrogens is 318 g/mol. The van der Waals surface area contributed by atoms with E-state index < -0.39 is 0 Å². The Balaban J connectivity index is 1.46. The van der Waals surface area contributed by atoms with E-state index in [1.807, 2.05) is 31.2 Å². The van der Waals surface area contributed by atoms with Gasteiger partial charge in [-0.05, 0) is 18.6 Å². The number of fused-ring (bicyclic) bond motifs is 1. The first-order chi connectivity index (χ1) is 12.2. The highest BCUT2D eigenvalue weighted by Crippen LogP contribution is 2.08. The van der Waals surface area contributed by atoms with E-state index in [4.69, 9.17) is 0 Å². The monoisotopic (exact) mass is 333 g/mol. The van der Waals surface area contributed by atoms with E-state index in [-0.39, 0.29) is 17.5 Å². The average molecular weight is 333 g/mol. The Morgan fingerprint density at radius 1 is 1.16 bits per heavy atom. The van der Waals surface area contributed by atoms with Gasteiger partial charge in [0, 0.05) is 18.5 Å². The molecule has 4 rings (SSSR count). The molecule has 0 bridgehead atoms. The van der Waals surface area contributed by atoms with Gasteiger partial charge in [0.2, 0.25) is 5.95 Å². The first-order valence-electron chi connectivity index (χ1n) is 7.74. The van der Waals surface area contributed by atoms with Gasteiger partial charge in [-0.1, -0.05) is 29.8 Å². The number of aryl methyl sites for hydroxylation is 1. The van der Waals surface area contributed by atoms with Gasteiger partial charge < -0.3 is 0 Å². The lowest BCUT2D eigenvalue weighted by atomic mass is 10.1. The van der Waals surface area contributed by atoms with Crippen LogP contribution in [0.3, 0.4) is 0 Å². The number of nitrogens with zero attached hydrogens (tertiary/aromatic N) is 6. The maximum Gasteiger partial charge on any atom is 0.278 e. The molecule has 4 aromatic rings. The number of amides is 1. The Morgan fingerprint density at radius 3 is 2.80 bits per heavy atom. The molecule has 0 fully saturated rings. The van der Waals surface area contributed by atoms with E-state index in [1.165, 1.54) is 5.56 Å². The van der Waals surface area contributed by atoms with Crippen LogP contribution in [-0.2, 0) is 6.54 Å². The molecule has 1 N–H and O–H groups in total. The molecule has 0 saturated heterocycles. The van der Waals surface area contributed by atoms with Gasteiger partial charge in [-0.15, -0.1) is 5.10 Å². The van der Waals surface area contributed by atoms with E-state index in [1.54, 1.807) is 40.1 Å². The molecule has 0 saturated carbocycles. The van der Waals surface area contributed by atoms with Crippen molar-refractivity contribution in [1.29, 1.82) is 0 Å². The summed E-state index contributed by atoms with van der Waals surface area (Å²) in [6.45, 7) is 2.63. The maximum absolute atomic E-state index is 12.3. The highest BCUT2D eigenvalue weighted by molar-refractivity contribution is 6.02. The van der Waals surface area contributed by atoms with Gasteiger partial charge in [-0.2, -0.15) is 5.10 Å². The van der Waals surface area contributed by atoms with Gasteiger partial charge in [0.15, 0.2) is 11.3 Å². The number of aromatic nitrogens is 6. The number of benzene rings is 1. The van der Waals surface area contributed by atoms with Crippen molar-refractivity contribution < 1.29 is 4.79 Å². The molecule has 3 aromatic heterocycles. The number of anilines is 1. The predicted molar refractivity (Wildman–Crippen MR) is 91.2 cm³/mol. The summed E-state index contributed by atoms with van der Waals surface area (Å²) in [7, 11) is 0. The molecule has 25 heavy (non-hydrogen) atoms. The van der Waals surface area contributed by atoms with Crippen LogP contribution in [0.4, 0.5) is 5.95 Å². The molecule has 0 aliphatic heterocycles. The molecule has 124 valence electrons.